The SMILES string of the molecule is COc1ccc2[nH]c3c(c2c1)CCN1C(=O)N(c2ccccc2C(=O)NCC(C)c2ccccc2)C(=O)[C@]31C. The molecule has 0 saturated carbocycles. The highest BCUT2D eigenvalue weighted by Gasteiger charge is 2.59. The Morgan fingerprint density at radius 3 is 2.59 bits per heavy atom. The van der Waals surface area contributed by atoms with Crippen LogP contribution in [0, 0.1) is 0 Å². The molecule has 2 N–H and O–H groups in total. The molecule has 1 aromatic heterocycles. The topological polar surface area (TPSA) is 94.7 Å². The van der Waals surface area contributed by atoms with Gasteiger partial charge in [-0.05, 0) is 60.7 Å². The number of rotatable bonds is 6. The minimum absolute atomic E-state index is 0.101. The van der Waals surface area contributed by atoms with Crippen molar-refractivity contribution in [3.8, 4) is 5.75 Å². The van der Waals surface area contributed by atoms with Gasteiger partial charge in [-0.3, -0.25) is 9.59 Å². The molecular weight excluding hydrogens is 492 g/mol. The van der Waals surface area contributed by atoms with Crippen LogP contribution in [0.15, 0.2) is 72.8 Å². The number of hydrogen-bond donors (Lipinski definition) is 2. The molecule has 2 aliphatic rings. The smallest absolute Gasteiger partial charge is 0.332 e. The molecule has 0 spiro atoms. The maximum atomic E-state index is 14.1. The van der Waals surface area contributed by atoms with Crippen molar-refractivity contribution in [3.05, 3.63) is 95.2 Å². The second kappa shape index (κ2) is 9.31. The molecule has 0 radical (unpaired) electrons. The maximum absolute atomic E-state index is 14.1. The molecule has 3 aromatic carbocycles. The number of methoxy groups -OCH3 is 1. The van der Waals surface area contributed by atoms with Gasteiger partial charge in [-0.1, -0.05) is 49.4 Å². The highest BCUT2D eigenvalue weighted by Crippen LogP contribution is 2.46. The molecule has 8 nitrogen and oxygen atoms in total. The number of anilines is 1. The van der Waals surface area contributed by atoms with Crippen LogP contribution in [0.3, 0.4) is 0 Å². The predicted octanol–water partition coefficient (Wildman–Crippen LogP) is 4.95. The lowest BCUT2D eigenvalue weighted by atomic mass is 9.87. The Morgan fingerprint density at radius 1 is 1.08 bits per heavy atom. The summed E-state index contributed by atoms with van der Waals surface area (Å²) >= 11 is 0. The van der Waals surface area contributed by atoms with Crippen LogP contribution in [0.4, 0.5) is 10.5 Å². The highest BCUT2D eigenvalue weighted by molar-refractivity contribution is 6.25. The summed E-state index contributed by atoms with van der Waals surface area (Å²) in [5.74, 6) is 0.116. The van der Waals surface area contributed by atoms with Crippen molar-refractivity contribution in [2.45, 2.75) is 31.7 Å². The molecule has 8 heteroatoms. The van der Waals surface area contributed by atoms with Crippen molar-refractivity contribution in [2.24, 2.45) is 0 Å². The van der Waals surface area contributed by atoms with Crippen molar-refractivity contribution in [2.75, 3.05) is 25.1 Å². The Balaban J connectivity index is 1.33. The second-order valence-electron chi connectivity index (χ2n) is 10.3. The highest BCUT2D eigenvalue weighted by atomic mass is 16.5. The number of benzene rings is 3. The van der Waals surface area contributed by atoms with Crippen molar-refractivity contribution >= 4 is 34.4 Å². The number of ether oxygens (including phenoxy) is 1. The van der Waals surface area contributed by atoms with Crippen LogP contribution in [0.1, 0.15) is 46.9 Å². The van der Waals surface area contributed by atoms with Gasteiger partial charge in [0.2, 0.25) is 0 Å². The van der Waals surface area contributed by atoms with Gasteiger partial charge in [0.15, 0.2) is 5.54 Å². The molecule has 2 atom stereocenters. The molecule has 4 amide bonds. The van der Waals surface area contributed by atoms with E-state index in [9.17, 15) is 14.4 Å². The van der Waals surface area contributed by atoms with Gasteiger partial charge >= 0.3 is 6.03 Å². The molecule has 1 unspecified atom stereocenters. The summed E-state index contributed by atoms with van der Waals surface area (Å²) in [6, 6.07) is 22.1. The standard InChI is InChI=1S/C31H30N4O4/c1-19(20-9-5-4-6-10-20)18-32-28(36)23-11-7-8-12-26(23)35-29(37)31(2)27-22(15-16-34(31)30(35)38)24-17-21(39-3)13-14-25(24)33-27/h4-14,17,19,33H,15-16,18H2,1-3H3,(H,32,36)/t19?,31-/m0/s1. The van der Waals surface area contributed by atoms with Crippen molar-refractivity contribution in [1.82, 2.24) is 15.2 Å². The first-order chi connectivity index (χ1) is 18.8. The fraction of sp³-hybridized carbons (Fsp3) is 0.258. The van der Waals surface area contributed by atoms with E-state index < -0.39 is 11.6 Å². The van der Waals surface area contributed by atoms with E-state index in [0.717, 1.165) is 32.7 Å². The Morgan fingerprint density at radius 2 is 1.82 bits per heavy atom. The average molecular weight is 523 g/mol. The van der Waals surface area contributed by atoms with Crippen molar-refractivity contribution in [3.63, 3.8) is 0 Å². The summed E-state index contributed by atoms with van der Waals surface area (Å²) in [5.41, 5.74) is 3.06. The molecule has 2 aliphatic heterocycles. The van der Waals surface area contributed by atoms with Crippen LogP contribution in [0.25, 0.3) is 10.9 Å². The van der Waals surface area contributed by atoms with Gasteiger partial charge in [0, 0.05) is 24.0 Å². The first-order valence-corrected chi connectivity index (χ1v) is 13.1. The lowest BCUT2D eigenvalue weighted by Gasteiger charge is -2.35. The van der Waals surface area contributed by atoms with E-state index in [1.165, 1.54) is 0 Å². The van der Waals surface area contributed by atoms with E-state index in [2.05, 4.69) is 10.3 Å². The maximum Gasteiger partial charge on any atom is 0.332 e. The fourth-order valence-electron chi connectivity index (χ4n) is 5.86. The zero-order valence-electron chi connectivity index (χ0n) is 22.2. The van der Waals surface area contributed by atoms with E-state index >= 15 is 0 Å². The summed E-state index contributed by atoms with van der Waals surface area (Å²) in [6.45, 7) is 4.63. The summed E-state index contributed by atoms with van der Waals surface area (Å²) in [7, 11) is 1.62. The molecule has 198 valence electrons. The fourth-order valence-corrected chi connectivity index (χ4v) is 5.86. The Hall–Kier alpha value is -4.59. The molecular formula is C31H30N4O4. The number of para-hydroxylation sites is 1. The zero-order valence-corrected chi connectivity index (χ0v) is 22.2. The van der Waals surface area contributed by atoms with Gasteiger partial charge in [0.25, 0.3) is 11.8 Å². The number of nitrogens with one attached hydrogen (secondary N) is 2. The quantitative estimate of drug-likeness (QED) is 0.351. The van der Waals surface area contributed by atoms with Gasteiger partial charge in [-0.2, -0.15) is 0 Å². The molecule has 6 rings (SSSR count). The third kappa shape index (κ3) is 3.78. The normalized spacial score (nSPS) is 19.2. The lowest BCUT2D eigenvalue weighted by molar-refractivity contribution is -0.125. The number of carbonyl (C=O) groups excluding carboxylic acids is 3. The number of carbonyl (C=O) groups is 3. The number of hydrogen-bond acceptors (Lipinski definition) is 4. The van der Waals surface area contributed by atoms with Gasteiger partial charge in [-0.15, -0.1) is 0 Å². The Kier molecular flexibility index (Phi) is 5.90. The minimum atomic E-state index is -1.22. The lowest BCUT2D eigenvalue weighted by Crippen LogP contribution is -2.49. The molecule has 0 aliphatic carbocycles. The molecule has 1 fully saturated rings. The third-order valence-corrected chi connectivity index (χ3v) is 8.09. The van der Waals surface area contributed by atoms with E-state index in [4.69, 9.17) is 4.74 Å². The number of urea groups is 1. The number of fused-ring (bicyclic) bond motifs is 5. The molecule has 0 bridgehead atoms. The number of H-pyrrole nitrogens is 1. The largest absolute Gasteiger partial charge is 0.497 e. The number of aromatic amines is 1. The van der Waals surface area contributed by atoms with Crippen LogP contribution in [-0.4, -0.2) is 47.9 Å². The van der Waals surface area contributed by atoms with Crippen LogP contribution < -0.4 is 15.0 Å². The average Bonchev–Trinajstić information content (AvgIpc) is 3.44. The number of amides is 4. The summed E-state index contributed by atoms with van der Waals surface area (Å²) in [5, 5.41) is 3.97. The van der Waals surface area contributed by atoms with E-state index in [-0.39, 0.29) is 29.0 Å². The van der Waals surface area contributed by atoms with Gasteiger partial charge in [0.1, 0.15) is 5.75 Å². The summed E-state index contributed by atoms with van der Waals surface area (Å²) in [6.07, 6.45) is 0.602. The van der Waals surface area contributed by atoms with Crippen LogP contribution in [-0.2, 0) is 16.8 Å². The Labute approximate surface area is 226 Å². The summed E-state index contributed by atoms with van der Waals surface area (Å²) < 4.78 is 5.41. The number of aromatic nitrogens is 1. The third-order valence-electron chi connectivity index (χ3n) is 8.09. The van der Waals surface area contributed by atoms with E-state index in [1.807, 2.05) is 55.5 Å². The predicted molar refractivity (Wildman–Crippen MR) is 149 cm³/mol. The van der Waals surface area contributed by atoms with E-state index in [1.54, 1.807) is 43.2 Å². The zero-order chi connectivity index (χ0) is 27.3. The van der Waals surface area contributed by atoms with Crippen LogP contribution in [0.5, 0.6) is 5.75 Å². The molecule has 3 heterocycles. The van der Waals surface area contributed by atoms with Crippen molar-refractivity contribution in [1.29, 1.82) is 0 Å². The Bertz CT molecular complexity index is 1610. The van der Waals surface area contributed by atoms with Gasteiger partial charge < -0.3 is 19.9 Å². The first-order valence-electron chi connectivity index (χ1n) is 13.1. The van der Waals surface area contributed by atoms with Crippen molar-refractivity contribution < 1.29 is 19.1 Å². The summed E-state index contributed by atoms with van der Waals surface area (Å²) in [4.78, 5) is 47.5. The number of nitrogens with zero attached hydrogens (tertiary/aromatic N) is 2. The van der Waals surface area contributed by atoms with Crippen LogP contribution >= 0.6 is 0 Å². The molecule has 4 aromatic rings. The minimum Gasteiger partial charge on any atom is -0.497 e. The van der Waals surface area contributed by atoms with E-state index in [0.29, 0.717) is 25.2 Å². The first kappa shape index (κ1) is 24.7. The van der Waals surface area contributed by atoms with Gasteiger partial charge in [-0.25, -0.2) is 9.69 Å². The molecule has 1 saturated heterocycles. The van der Waals surface area contributed by atoms with Crippen LogP contribution in [0.2, 0.25) is 0 Å². The van der Waals surface area contributed by atoms with Gasteiger partial charge in [0.05, 0.1) is 24.1 Å². The second-order valence-corrected chi connectivity index (χ2v) is 10.3. The number of imide groups is 1. The monoisotopic (exact) mass is 522 g/mol. The molecule has 39 heavy (non-hydrogen) atoms.